The highest BCUT2D eigenvalue weighted by molar-refractivity contribution is 4.92. The molecular formula is C14H20F12. The maximum atomic E-state index is 12.4. The zero-order valence-corrected chi connectivity index (χ0v) is 14.7. The summed E-state index contributed by atoms with van der Waals surface area (Å²) in [7, 11) is 0. The minimum absolute atomic E-state index is 0.597. The number of hydrogen-bond donors (Lipinski definition) is 0. The average Bonchev–Trinajstić information content (AvgIpc) is 2.36. The van der Waals surface area contributed by atoms with Gasteiger partial charge >= 0.3 is 24.1 Å². The van der Waals surface area contributed by atoms with Gasteiger partial charge in [0.15, 0.2) is 5.83 Å². The zero-order chi connectivity index (χ0) is 22.3. The molecule has 0 aliphatic carbocycles. The molecule has 0 N–H and O–H groups in total. The minimum Gasteiger partial charge on any atom is -0.244 e. The van der Waals surface area contributed by atoms with Crippen LogP contribution in [-0.2, 0) is 0 Å². The fraction of sp³-hybridized carbons (Fsp3) is 0.857. The van der Waals surface area contributed by atoms with Gasteiger partial charge in [-0.05, 0) is 27.7 Å². The van der Waals surface area contributed by atoms with Crippen LogP contribution in [0.4, 0.5) is 52.7 Å². The summed E-state index contributed by atoms with van der Waals surface area (Å²) in [6.07, 6.45) is -9.83. The van der Waals surface area contributed by atoms with E-state index in [9.17, 15) is 52.7 Å². The largest absolute Gasteiger partial charge is 0.459 e. The molecule has 0 radical (unpaired) electrons. The van der Waals surface area contributed by atoms with Crippen molar-refractivity contribution in [1.29, 1.82) is 0 Å². The van der Waals surface area contributed by atoms with Gasteiger partial charge in [-0.2, -0.15) is 39.5 Å². The predicted molar refractivity (Wildman–Crippen MR) is 72.6 cm³/mol. The van der Waals surface area contributed by atoms with Gasteiger partial charge in [0.05, 0.1) is 0 Å². The van der Waals surface area contributed by atoms with Gasteiger partial charge in [-0.1, -0.05) is 13.8 Å². The Hall–Kier alpha value is -1.10. The molecular weight excluding hydrogens is 396 g/mol. The summed E-state index contributed by atoms with van der Waals surface area (Å²) in [4.78, 5) is 0. The molecule has 26 heavy (non-hydrogen) atoms. The van der Waals surface area contributed by atoms with E-state index in [0.29, 0.717) is 20.8 Å². The van der Waals surface area contributed by atoms with Crippen LogP contribution >= 0.6 is 0 Å². The molecule has 0 aliphatic rings. The molecule has 0 spiro atoms. The number of alkyl halides is 9. The topological polar surface area (TPSA) is 0 Å². The van der Waals surface area contributed by atoms with E-state index in [-0.39, 0.29) is 0 Å². The van der Waals surface area contributed by atoms with Crippen LogP contribution in [0.5, 0.6) is 0 Å². The first-order valence-electron chi connectivity index (χ1n) is 6.86. The summed E-state index contributed by atoms with van der Waals surface area (Å²) in [5, 5.41) is 0. The maximum absolute atomic E-state index is 12.4. The second-order valence-corrected chi connectivity index (χ2v) is 5.82. The van der Waals surface area contributed by atoms with Gasteiger partial charge in [0.2, 0.25) is 0 Å². The van der Waals surface area contributed by atoms with E-state index in [1.54, 1.807) is 0 Å². The van der Waals surface area contributed by atoms with Gasteiger partial charge in [-0.25, -0.2) is 13.2 Å². The molecule has 0 aliphatic heterocycles. The Bertz CT molecular complexity index is 408. The van der Waals surface area contributed by atoms with Crippen LogP contribution in [0.25, 0.3) is 0 Å². The summed E-state index contributed by atoms with van der Waals surface area (Å²) in [6.45, 7) is 5.55. The van der Waals surface area contributed by atoms with Crippen molar-refractivity contribution in [3.8, 4) is 0 Å². The summed E-state index contributed by atoms with van der Waals surface area (Å²) in [5.74, 6) is -14.5. The summed E-state index contributed by atoms with van der Waals surface area (Å²) in [5.41, 5.74) is -1.67. The molecule has 0 aromatic carbocycles. The smallest absolute Gasteiger partial charge is 0.244 e. The van der Waals surface area contributed by atoms with Gasteiger partial charge in [0.25, 0.3) is 0 Å². The third-order valence-electron chi connectivity index (χ3n) is 2.71. The summed E-state index contributed by atoms with van der Waals surface area (Å²) < 4.78 is 139. The van der Waals surface area contributed by atoms with Crippen LogP contribution in [0.1, 0.15) is 41.5 Å². The second-order valence-electron chi connectivity index (χ2n) is 5.82. The lowest BCUT2D eigenvalue weighted by molar-refractivity contribution is -0.363. The zero-order valence-electron chi connectivity index (χ0n) is 14.7. The molecule has 0 rings (SSSR count). The van der Waals surface area contributed by atoms with E-state index in [1.807, 2.05) is 0 Å². The van der Waals surface area contributed by atoms with Crippen molar-refractivity contribution >= 4 is 0 Å². The van der Waals surface area contributed by atoms with E-state index < -0.39 is 47.7 Å². The van der Waals surface area contributed by atoms with Gasteiger partial charge < -0.3 is 0 Å². The van der Waals surface area contributed by atoms with Crippen LogP contribution in [0.2, 0.25) is 0 Å². The van der Waals surface area contributed by atoms with Crippen LogP contribution in [0, 0.1) is 5.92 Å². The minimum atomic E-state index is -6.22. The Kier molecular flexibility index (Phi) is 11.7. The molecule has 0 saturated carbocycles. The average molecular weight is 416 g/mol. The fourth-order valence-electron chi connectivity index (χ4n) is 0.552. The van der Waals surface area contributed by atoms with Crippen molar-refractivity contribution in [3.05, 3.63) is 11.9 Å². The molecule has 0 heterocycles. The number of hydrogen-bond acceptors (Lipinski definition) is 0. The molecule has 1 unspecified atom stereocenters. The van der Waals surface area contributed by atoms with E-state index in [1.165, 1.54) is 20.8 Å². The van der Waals surface area contributed by atoms with Gasteiger partial charge in [-0.3, -0.25) is 0 Å². The van der Waals surface area contributed by atoms with Crippen LogP contribution in [0.15, 0.2) is 11.9 Å². The van der Waals surface area contributed by atoms with E-state index >= 15 is 0 Å². The fourth-order valence-corrected chi connectivity index (χ4v) is 0.552. The predicted octanol–water partition coefficient (Wildman–Crippen LogP) is 7.65. The molecule has 0 aromatic rings. The normalized spacial score (nSPS) is 14.0. The Morgan fingerprint density at radius 1 is 0.731 bits per heavy atom. The molecule has 0 saturated heterocycles. The summed E-state index contributed by atoms with van der Waals surface area (Å²) >= 11 is 0. The molecule has 1 atom stereocenters. The Balaban J connectivity index is -0.000000342. The molecule has 160 valence electrons. The molecule has 0 bridgehead atoms. The van der Waals surface area contributed by atoms with Crippen molar-refractivity contribution in [3.63, 3.8) is 0 Å². The van der Waals surface area contributed by atoms with Gasteiger partial charge in [0.1, 0.15) is 11.8 Å². The quantitative estimate of drug-likeness (QED) is 0.415. The highest BCUT2D eigenvalue weighted by atomic mass is 19.4. The third kappa shape index (κ3) is 10.1. The van der Waals surface area contributed by atoms with Crippen molar-refractivity contribution in [1.82, 2.24) is 0 Å². The standard InChI is InChI=1S/C6H7F7.C5H10F2.C3H3F3/c1-3(2)4(7,8)5(9,10)6(11,12)13;1-4(6)5(2,3)7;1-2(4)3(5)6/h3H,1-2H3;4H,1-3H3;1H3. The van der Waals surface area contributed by atoms with E-state index in [2.05, 4.69) is 0 Å². The Labute approximate surface area is 143 Å². The summed E-state index contributed by atoms with van der Waals surface area (Å²) in [6, 6.07) is 0. The van der Waals surface area contributed by atoms with Crippen molar-refractivity contribution in [2.45, 2.75) is 71.4 Å². The van der Waals surface area contributed by atoms with Crippen molar-refractivity contribution in [2.75, 3.05) is 0 Å². The monoisotopic (exact) mass is 416 g/mol. The van der Waals surface area contributed by atoms with Crippen molar-refractivity contribution in [2.24, 2.45) is 5.92 Å². The Morgan fingerprint density at radius 3 is 1.00 bits per heavy atom. The van der Waals surface area contributed by atoms with E-state index in [0.717, 1.165) is 0 Å². The lowest BCUT2D eigenvalue weighted by Gasteiger charge is -2.30. The number of allylic oxidation sites excluding steroid dienone is 1. The highest BCUT2D eigenvalue weighted by Crippen LogP contribution is 2.49. The number of halogens is 12. The molecule has 0 amide bonds. The lowest BCUT2D eigenvalue weighted by atomic mass is 9.99. The van der Waals surface area contributed by atoms with Crippen LogP contribution < -0.4 is 0 Å². The second kappa shape index (κ2) is 10.3. The third-order valence-corrected chi connectivity index (χ3v) is 2.71. The first-order chi connectivity index (χ1) is 11.0. The molecule has 12 heteroatoms. The lowest BCUT2D eigenvalue weighted by Crippen LogP contribution is -2.54. The SMILES string of the molecule is CC(C)C(F)(F)C(F)(F)C(F)(F)F.CC(F)=C(F)F.CC(F)C(C)(C)F. The van der Waals surface area contributed by atoms with Crippen molar-refractivity contribution < 1.29 is 52.7 Å². The molecule has 0 aromatic heterocycles. The molecule has 0 nitrogen and oxygen atoms in total. The number of rotatable bonds is 3. The maximum Gasteiger partial charge on any atom is 0.459 e. The van der Waals surface area contributed by atoms with E-state index in [4.69, 9.17) is 0 Å². The van der Waals surface area contributed by atoms with Gasteiger partial charge in [0, 0.05) is 5.92 Å². The highest BCUT2D eigenvalue weighted by Gasteiger charge is 2.73. The molecule has 0 fully saturated rings. The Morgan fingerprint density at radius 2 is 0.962 bits per heavy atom. The first-order valence-corrected chi connectivity index (χ1v) is 6.86. The first kappa shape index (κ1) is 29.7. The van der Waals surface area contributed by atoms with Crippen LogP contribution in [0.3, 0.4) is 0 Å². The van der Waals surface area contributed by atoms with Gasteiger partial charge in [-0.15, -0.1) is 0 Å². The van der Waals surface area contributed by atoms with Crippen LogP contribution in [-0.4, -0.2) is 29.9 Å².